The zero-order valence-corrected chi connectivity index (χ0v) is 12.0. The molecule has 0 aliphatic rings. The van der Waals surface area contributed by atoms with E-state index in [0.29, 0.717) is 28.4 Å². The Bertz CT molecular complexity index is 627. The molecular weight excluding hydrogens is 307 g/mol. The second-order valence-electron chi connectivity index (χ2n) is 4.08. The van der Waals surface area contributed by atoms with Crippen molar-refractivity contribution in [3.8, 4) is 11.5 Å². The topological polar surface area (TPSA) is 51.6 Å². The van der Waals surface area contributed by atoms with Crippen molar-refractivity contribution in [2.24, 2.45) is 0 Å². The van der Waals surface area contributed by atoms with Gasteiger partial charge in [0.25, 0.3) is 0 Å². The molecule has 1 aromatic heterocycles. The highest BCUT2D eigenvalue weighted by Gasteiger charge is 2.35. The predicted molar refractivity (Wildman–Crippen MR) is 70.7 cm³/mol. The minimum Gasteiger partial charge on any atom is -0.493 e. The summed E-state index contributed by atoms with van der Waals surface area (Å²) in [6, 6.07) is 4.64. The smallest absolute Gasteiger partial charge is 0.443 e. The van der Waals surface area contributed by atoms with Gasteiger partial charge in [-0.05, 0) is 17.7 Å². The van der Waals surface area contributed by atoms with Crippen LogP contribution in [0.5, 0.6) is 11.5 Å². The Kier molecular flexibility index (Phi) is 4.38. The van der Waals surface area contributed by atoms with Crippen LogP contribution in [0.1, 0.15) is 21.6 Å². The Hall–Kier alpha value is -1.80. The van der Waals surface area contributed by atoms with Crippen molar-refractivity contribution in [2.75, 3.05) is 14.2 Å². The van der Waals surface area contributed by atoms with Crippen LogP contribution in [-0.4, -0.2) is 24.3 Å². The maximum Gasteiger partial charge on any atom is 0.443 e. The van der Waals surface area contributed by atoms with Crippen LogP contribution in [0.25, 0.3) is 0 Å². The number of ether oxygens (including phenoxy) is 2. The summed E-state index contributed by atoms with van der Waals surface area (Å²) in [5, 5.41) is 9.17. The van der Waals surface area contributed by atoms with Crippen LogP contribution in [0.2, 0.25) is 0 Å². The van der Waals surface area contributed by atoms with Gasteiger partial charge in [0, 0.05) is 6.20 Å². The lowest BCUT2D eigenvalue weighted by Gasteiger charge is -2.12. The number of aromatic nitrogens is 1. The molecule has 2 aromatic rings. The standard InChI is InChI=1S/C13H12F3NO3S/c1-19-8-4-3-7(5-9(8)20-2)11(18)10-6-17-12(21-10)13(14,15)16/h3-6,11,18H,1-2H3. The van der Waals surface area contributed by atoms with Crippen molar-refractivity contribution in [1.82, 2.24) is 4.98 Å². The molecule has 0 aliphatic carbocycles. The first-order valence-corrected chi connectivity index (χ1v) is 6.61. The minimum absolute atomic E-state index is 0.106. The van der Waals surface area contributed by atoms with E-state index in [9.17, 15) is 18.3 Å². The fraction of sp³-hybridized carbons (Fsp3) is 0.308. The molecule has 0 saturated heterocycles. The number of aliphatic hydroxyl groups is 1. The highest BCUT2D eigenvalue weighted by Crippen LogP contribution is 2.37. The first kappa shape index (κ1) is 15.6. The fourth-order valence-electron chi connectivity index (χ4n) is 1.73. The number of hydrogen-bond acceptors (Lipinski definition) is 5. The van der Waals surface area contributed by atoms with Crippen molar-refractivity contribution in [1.29, 1.82) is 0 Å². The summed E-state index contributed by atoms with van der Waals surface area (Å²) in [5.41, 5.74) is 0.394. The van der Waals surface area contributed by atoms with E-state index >= 15 is 0 Å². The lowest BCUT2D eigenvalue weighted by molar-refractivity contribution is -0.137. The third-order valence-electron chi connectivity index (χ3n) is 2.76. The van der Waals surface area contributed by atoms with Crippen LogP contribution in [-0.2, 0) is 6.18 Å². The monoisotopic (exact) mass is 319 g/mol. The van der Waals surface area contributed by atoms with Crippen LogP contribution in [0.3, 0.4) is 0 Å². The summed E-state index contributed by atoms with van der Waals surface area (Å²) in [7, 11) is 2.90. The van der Waals surface area contributed by atoms with Gasteiger partial charge in [0.2, 0.25) is 0 Å². The van der Waals surface area contributed by atoms with Gasteiger partial charge < -0.3 is 14.6 Å². The normalized spacial score (nSPS) is 13.0. The van der Waals surface area contributed by atoms with Crippen LogP contribution in [0.15, 0.2) is 24.4 Å². The third kappa shape index (κ3) is 3.27. The summed E-state index contributed by atoms with van der Waals surface area (Å²) < 4.78 is 47.7. The first-order chi connectivity index (χ1) is 9.86. The molecule has 0 spiro atoms. The number of benzene rings is 1. The van der Waals surface area contributed by atoms with Crippen LogP contribution in [0.4, 0.5) is 13.2 Å². The molecule has 0 amide bonds. The Morgan fingerprint density at radius 1 is 1.19 bits per heavy atom. The first-order valence-electron chi connectivity index (χ1n) is 5.79. The summed E-state index contributed by atoms with van der Waals surface area (Å²) >= 11 is 0.408. The number of rotatable bonds is 4. The van der Waals surface area contributed by atoms with E-state index in [2.05, 4.69) is 4.98 Å². The SMILES string of the molecule is COc1ccc(C(O)c2cnc(C(F)(F)F)s2)cc1OC. The summed E-state index contributed by atoms with van der Waals surface area (Å²) in [4.78, 5) is 3.39. The van der Waals surface area contributed by atoms with E-state index in [0.717, 1.165) is 6.20 Å². The van der Waals surface area contributed by atoms with Gasteiger partial charge in [0.15, 0.2) is 16.5 Å². The largest absolute Gasteiger partial charge is 0.493 e. The molecular formula is C13H12F3NO3S. The maximum atomic E-state index is 12.5. The summed E-state index contributed by atoms with van der Waals surface area (Å²) in [6.45, 7) is 0. The van der Waals surface area contributed by atoms with E-state index in [1.54, 1.807) is 12.1 Å². The molecule has 4 nitrogen and oxygen atoms in total. The number of halogens is 3. The van der Waals surface area contributed by atoms with Gasteiger partial charge in [0.05, 0.1) is 19.1 Å². The molecule has 1 unspecified atom stereocenters. The molecule has 0 radical (unpaired) electrons. The number of hydrogen-bond donors (Lipinski definition) is 1. The van der Waals surface area contributed by atoms with Crippen molar-refractivity contribution in [3.05, 3.63) is 39.8 Å². The lowest BCUT2D eigenvalue weighted by Crippen LogP contribution is -2.03. The average Bonchev–Trinajstić information content (AvgIpc) is 2.95. The molecule has 21 heavy (non-hydrogen) atoms. The average molecular weight is 319 g/mol. The number of nitrogens with zero attached hydrogens (tertiary/aromatic N) is 1. The Morgan fingerprint density at radius 3 is 2.38 bits per heavy atom. The molecule has 0 saturated carbocycles. The van der Waals surface area contributed by atoms with E-state index in [1.807, 2.05) is 0 Å². The molecule has 2 rings (SSSR count). The van der Waals surface area contributed by atoms with E-state index in [1.165, 1.54) is 20.3 Å². The molecule has 114 valence electrons. The molecule has 1 N–H and O–H groups in total. The number of methoxy groups -OCH3 is 2. The second kappa shape index (κ2) is 5.90. The molecule has 1 aromatic carbocycles. The highest BCUT2D eigenvalue weighted by molar-refractivity contribution is 7.11. The zero-order valence-electron chi connectivity index (χ0n) is 11.1. The maximum absolute atomic E-state index is 12.5. The molecule has 1 heterocycles. The highest BCUT2D eigenvalue weighted by atomic mass is 32.1. The molecule has 0 fully saturated rings. The Labute approximate surface area is 122 Å². The second-order valence-corrected chi connectivity index (χ2v) is 5.14. The van der Waals surface area contributed by atoms with E-state index in [4.69, 9.17) is 9.47 Å². The minimum atomic E-state index is -4.51. The van der Waals surface area contributed by atoms with Gasteiger partial charge in [-0.3, -0.25) is 0 Å². The fourth-order valence-corrected chi connectivity index (χ4v) is 2.53. The van der Waals surface area contributed by atoms with Gasteiger partial charge in [-0.2, -0.15) is 13.2 Å². The molecule has 0 bridgehead atoms. The molecule has 1 atom stereocenters. The molecule has 8 heteroatoms. The van der Waals surface area contributed by atoms with Gasteiger partial charge in [0.1, 0.15) is 6.10 Å². The van der Waals surface area contributed by atoms with Crippen molar-refractivity contribution in [2.45, 2.75) is 12.3 Å². The predicted octanol–water partition coefficient (Wildman–Crippen LogP) is 3.26. The van der Waals surface area contributed by atoms with Crippen molar-refractivity contribution in [3.63, 3.8) is 0 Å². The van der Waals surface area contributed by atoms with Crippen LogP contribution >= 0.6 is 11.3 Å². The summed E-state index contributed by atoms with van der Waals surface area (Å²) in [5.74, 6) is 0.850. The third-order valence-corrected chi connectivity index (χ3v) is 3.85. The Balaban J connectivity index is 2.31. The number of thiazole rings is 1. The van der Waals surface area contributed by atoms with Gasteiger partial charge in [-0.25, -0.2) is 4.98 Å². The Morgan fingerprint density at radius 2 is 1.86 bits per heavy atom. The zero-order chi connectivity index (χ0) is 15.6. The summed E-state index contributed by atoms with van der Waals surface area (Å²) in [6.07, 6.45) is -4.70. The van der Waals surface area contributed by atoms with Gasteiger partial charge in [-0.1, -0.05) is 6.07 Å². The quantitative estimate of drug-likeness (QED) is 0.940. The van der Waals surface area contributed by atoms with Crippen LogP contribution in [0, 0.1) is 0 Å². The lowest BCUT2D eigenvalue weighted by atomic mass is 10.1. The van der Waals surface area contributed by atoms with Crippen LogP contribution < -0.4 is 9.47 Å². The van der Waals surface area contributed by atoms with Gasteiger partial charge >= 0.3 is 6.18 Å². The number of alkyl halides is 3. The number of aliphatic hydroxyl groups excluding tert-OH is 1. The van der Waals surface area contributed by atoms with Crippen molar-refractivity contribution >= 4 is 11.3 Å². The molecule has 0 aliphatic heterocycles. The van der Waals surface area contributed by atoms with Gasteiger partial charge in [-0.15, -0.1) is 11.3 Å². The van der Waals surface area contributed by atoms with E-state index in [-0.39, 0.29) is 4.88 Å². The van der Waals surface area contributed by atoms with Crippen molar-refractivity contribution < 1.29 is 27.8 Å². The van der Waals surface area contributed by atoms with E-state index < -0.39 is 17.3 Å².